The molecule has 2 heteroatoms. The highest BCUT2D eigenvalue weighted by Crippen LogP contribution is 2.31. The molecule has 0 unspecified atom stereocenters. The maximum atomic E-state index is 2.34. The van der Waals surface area contributed by atoms with Gasteiger partial charge >= 0.3 is 0 Å². The molecular weight excluding hydrogens is 160 g/mol. The first-order chi connectivity index (χ1) is 6.20. The minimum atomic E-state index is 0.536. The van der Waals surface area contributed by atoms with Gasteiger partial charge < -0.3 is 5.01 Å². The van der Waals surface area contributed by atoms with E-state index in [0.29, 0.717) is 6.04 Å². The van der Waals surface area contributed by atoms with Crippen LogP contribution in [-0.2, 0) is 6.54 Å². The fraction of sp³-hybridized carbons (Fsp3) is 0.455. The molecule has 0 saturated heterocycles. The van der Waals surface area contributed by atoms with Crippen LogP contribution in [0.4, 0.5) is 5.69 Å². The lowest BCUT2D eigenvalue weighted by Crippen LogP contribution is -2.39. The minimum Gasteiger partial charge on any atom is -0.303 e. The molecule has 2 nitrogen and oxygen atoms in total. The molecule has 0 atom stereocenters. The second-order valence-corrected chi connectivity index (χ2v) is 3.88. The van der Waals surface area contributed by atoms with E-state index < -0.39 is 0 Å². The summed E-state index contributed by atoms with van der Waals surface area (Å²) < 4.78 is 0. The van der Waals surface area contributed by atoms with Crippen LogP contribution in [0.2, 0.25) is 0 Å². The van der Waals surface area contributed by atoms with Gasteiger partial charge in [0.25, 0.3) is 0 Å². The Kier molecular flexibility index (Phi) is 2.00. The monoisotopic (exact) mass is 176 g/mol. The third kappa shape index (κ3) is 1.31. The Morgan fingerprint density at radius 2 is 1.92 bits per heavy atom. The molecule has 70 valence electrons. The van der Waals surface area contributed by atoms with E-state index in [9.17, 15) is 0 Å². The zero-order chi connectivity index (χ0) is 9.42. The van der Waals surface area contributed by atoms with Crippen LogP contribution in [0.1, 0.15) is 19.4 Å². The molecule has 0 fully saturated rings. The van der Waals surface area contributed by atoms with Crippen LogP contribution >= 0.6 is 0 Å². The van der Waals surface area contributed by atoms with E-state index in [4.69, 9.17) is 0 Å². The molecule has 1 aliphatic heterocycles. The van der Waals surface area contributed by atoms with E-state index in [1.165, 1.54) is 11.3 Å². The van der Waals surface area contributed by atoms with Crippen LogP contribution in [-0.4, -0.2) is 18.1 Å². The Hall–Kier alpha value is -1.02. The smallest absolute Gasteiger partial charge is 0.0570 e. The zero-order valence-electron chi connectivity index (χ0n) is 8.49. The van der Waals surface area contributed by atoms with Crippen molar-refractivity contribution < 1.29 is 0 Å². The van der Waals surface area contributed by atoms with E-state index >= 15 is 0 Å². The van der Waals surface area contributed by atoms with Gasteiger partial charge in [0, 0.05) is 19.6 Å². The fourth-order valence-electron chi connectivity index (χ4n) is 2.05. The highest BCUT2D eigenvalue weighted by molar-refractivity contribution is 5.56. The van der Waals surface area contributed by atoms with Crippen LogP contribution in [0.15, 0.2) is 24.3 Å². The molecule has 1 aromatic carbocycles. The SMILES string of the molecule is CC(C)N1c2ccccc2CN1C. The van der Waals surface area contributed by atoms with Crippen LogP contribution in [0.25, 0.3) is 0 Å². The van der Waals surface area contributed by atoms with Crippen molar-refractivity contribution in [2.75, 3.05) is 12.1 Å². The summed E-state index contributed by atoms with van der Waals surface area (Å²) in [5, 5.41) is 4.62. The molecule has 0 saturated carbocycles. The summed E-state index contributed by atoms with van der Waals surface area (Å²) in [5.74, 6) is 0. The predicted octanol–water partition coefficient (Wildman–Crippen LogP) is 2.26. The molecule has 1 heterocycles. The van der Waals surface area contributed by atoms with Crippen molar-refractivity contribution in [1.29, 1.82) is 0 Å². The third-order valence-electron chi connectivity index (χ3n) is 2.49. The number of fused-ring (bicyclic) bond motifs is 1. The van der Waals surface area contributed by atoms with Crippen molar-refractivity contribution in [3.8, 4) is 0 Å². The Morgan fingerprint density at radius 1 is 1.23 bits per heavy atom. The second-order valence-electron chi connectivity index (χ2n) is 3.88. The van der Waals surface area contributed by atoms with Gasteiger partial charge in [-0.3, -0.25) is 0 Å². The van der Waals surface area contributed by atoms with Gasteiger partial charge in [-0.2, -0.15) is 0 Å². The summed E-state index contributed by atoms with van der Waals surface area (Å²) in [4.78, 5) is 0. The van der Waals surface area contributed by atoms with E-state index in [1.807, 2.05) is 0 Å². The first kappa shape index (κ1) is 8.57. The molecule has 13 heavy (non-hydrogen) atoms. The average Bonchev–Trinajstić information content (AvgIpc) is 2.39. The first-order valence-electron chi connectivity index (χ1n) is 4.78. The zero-order valence-corrected chi connectivity index (χ0v) is 8.49. The van der Waals surface area contributed by atoms with Gasteiger partial charge in [0.05, 0.1) is 5.69 Å². The van der Waals surface area contributed by atoms with Gasteiger partial charge in [-0.25, -0.2) is 5.01 Å². The topological polar surface area (TPSA) is 6.48 Å². The summed E-state index contributed by atoms with van der Waals surface area (Å²) in [7, 11) is 2.14. The summed E-state index contributed by atoms with van der Waals surface area (Å²) in [6.45, 7) is 5.48. The van der Waals surface area contributed by atoms with Crippen molar-refractivity contribution in [2.24, 2.45) is 0 Å². The van der Waals surface area contributed by atoms with E-state index in [0.717, 1.165) is 6.54 Å². The molecule has 2 rings (SSSR count). The van der Waals surface area contributed by atoms with Crippen molar-refractivity contribution >= 4 is 5.69 Å². The van der Waals surface area contributed by atoms with E-state index in [-0.39, 0.29) is 0 Å². The molecule has 0 aromatic heterocycles. The number of hydrazine groups is 1. The summed E-state index contributed by atoms with van der Waals surface area (Å²) in [6.07, 6.45) is 0. The number of hydrogen-bond acceptors (Lipinski definition) is 2. The highest BCUT2D eigenvalue weighted by atomic mass is 15.6. The maximum absolute atomic E-state index is 2.34. The lowest BCUT2D eigenvalue weighted by atomic mass is 10.2. The number of benzene rings is 1. The first-order valence-corrected chi connectivity index (χ1v) is 4.78. The van der Waals surface area contributed by atoms with Gasteiger partial charge in [0.2, 0.25) is 0 Å². The lowest BCUT2D eigenvalue weighted by molar-refractivity contribution is 0.301. The Balaban J connectivity index is 2.40. The standard InChI is InChI=1S/C11H16N2/c1-9(2)13-11-7-5-4-6-10(11)8-12(13)3/h4-7,9H,8H2,1-3H3. The number of anilines is 1. The molecule has 0 spiro atoms. The van der Waals surface area contributed by atoms with Gasteiger partial charge in [0.1, 0.15) is 0 Å². The Morgan fingerprint density at radius 3 is 2.62 bits per heavy atom. The molecule has 1 aromatic rings. The van der Waals surface area contributed by atoms with E-state index in [1.54, 1.807) is 0 Å². The number of hydrogen-bond donors (Lipinski definition) is 0. The summed E-state index contributed by atoms with van der Waals surface area (Å²) in [6, 6.07) is 9.14. The normalized spacial score (nSPS) is 16.8. The van der Waals surface area contributed by atoms with Crippen LogP contribution in [0.5, 0.6) is 0 Å². The average molecular weight is 176 g/mol. The number of nitrogens with zero attached hydrogens (tertiary/aromatic N) is 2. The maximum Gasteiger partial charge on any atom is 0.0570 e. The second kappa shape index (κ2) is 3.04. The quantitative estimate of drug-likeness (QED) is 0.647. The molecule has 1 aliphatic rings. The fourth-order valence-corrected chi connectivity index (χ4v) is 2.05. The third-order valence-corrected chi connectivity index (χ3v) is 2.49. The van der Waals surface area contributed by atoms with Crippen molar-refractivity contribution in [2.45, 2.75) is 26.4 Å². The van der Waals surface area contributed by atoms with Crippen LogP contribution < -0.4 is 5.01 Å². The van der Waals surface area contributed by atoms with Crippen molar-refractivity contribution in [1.82, 2.24) is 5.01 Å². The summed E-state index contributed by atoms with van der Waals surface area (Å²) >= 11 is 0. The Bertz CT molecular complexity index is 307. The largest absolute Gasteiger partial charge is 0.303 e. The number of rotatable bonds is 1. The minimum absolute atomic E-state index is 0.536. The highest BCUT2D eigenvalue weighted by Gasteiger charge is 2.25. The summed E-state index contributed by atoms with van der Waals surface area (Å²) in [5.41, 5.74) is 2.79. The van der Waals surface area contributed by atoms with Crippen LogP contribution in [0.3, 0.4) is 0 Å². The molecular formula is C11H16N2. The Labute approximate surface area is 79.7 Å². The molecule has 0 amide bonds. The predicted molar refractivity (Wildman–Crippen MR) is 55.5 cm³/mol. The molecule has 0 radical (unpaired) electrons. The van der Waals surface area contributed by atoms with Gasteiger partial charge in [0.15, 0.2) is 0 Å². The van der Waals surface area contributed by atoms with Gasteiger partial charge in [-0.05, 0) is 25.5 Å². The molecule has 0 N–H and O–H groups in total. The van der Waals surface area contributed by atoms with Crippen molar-refractivity contribution in [3.63, 3.8) is 0 Å². The van der Waals surface area contributed by atoms with Gasteiger partial charge in [-0.1, -0.05) is 18.2 Å². The van der Waals surface area contributed by atoms with E-state index in [2.05, 4.69) is 55.2 Å². The van der Waals surface area contributed by atoms with Crippen LogP contribution in [0, 0.1) is 0 Å². The number of para-hydroxylation sites is 1. The van der Waals surface area contributed by atoms with Crippen molar-refractivity contribution in [3.05, 3.63) is 29.8 Å². The molecule has 0 aliphatic carbocycles. The van der Waals surface area contributed by atoms with Gasteiger partial charge in [-0.15, -0.1) is 0 Å². The lowest BCUT2D eigenvalue weighted by Gasteiger charge is -2.30. The molecule has 0 bridgehead atoms.